The molecule has 0 spiro atoms. The third-order valence-corrected chi connectivity index (χ3v) is 4.77. The highest BCUT2D eigenvalue weighted by Gasteiger charge is 2.24. The maximum atomic E-state index is 12.7. The van der Waals surface area contributed by atoms with Crippen LogP contribution < -0.4 is 14.8 Å². The highest BCUT2D eigenvalue weighted by atomic mass is 16.6. The molecule has 0 aromatic heterocycles. The van der Waals surface area contributed by atoms with Gasteiger partial charge in [-0.2, -0.15) is 0 Å². The van der Waals surface area contributed by atoms with Crippen molar-refractivity contribution in [2.24, 2.45) is 0 Å². The first-order valence-electron chi connectivity index (χ1n) is 10.5. The second kappa shape index (κ2) is 9.85. The molecule has 6 nitrogen and oxygen atoms in total. The molecule has 2 aromatic carbocycles. The minimum Gasteiger partial charge on any atom is -0.486 e. The molecular formula is C24H32N2O4. The fraction of sp³-hybridized carbons (Fsp3) is 0.458. The van der Waals surface area contributed by atoms with Crippen LogP contribution in [0.25, 0.3) is 0 Å². The van der Waals surface area contributed by atoms with Crippen molar-refractivity contribution in [3.05, 3.63) is 59.7 Å². The van der Waals surface area contributed by atoms with Crippen molar-refractivity contribution in [3.63, 3.8) is 0 Å². The Morgan fingerprint density at radius 2 is 1.87 bits per heavy atom. The number of carbonyl (C=O) groups is 1. The Morgan fingerprint density at radius 3 is 2.60 bits per heavy atom. The number of ether oxygens (including phenoxy) is 3. The molecule has 0 bridgehead atoms. The zero-order valence-corrected chi connectivity index (χ0v) is 18.3. The third kappa shape index (κ3) is 6.39. The first-order chi connectivity index (χ1) is 14.3. The van der Waals surface area contributed by atoms with Crippen molar-refractivity contribution >= 4 is 6.03 Å². The average Bonchev–Trinajstić information content (AvgIpc) is 2.74. The molecule has 6 heteroatoms. The van der Waals surface area contributed by atoms with Crippen LogP contribution in [0, 0.1) is 0 Å². The molecule has 1 heterocycles. The molecule has 1 aliphatic heterocycles. The van der Waals surface area contributed by atoms with E-state index in [1.54, 1.807) is 4.90 Å². The molecule has 162 valence electrons. The number of para-hydroxylation sites is 2. The van der Waals surface area contributed by atoms with Gasteiger partial charge in [-0.3, -0.25) is 0 Å². The molecule has 0 saturated heterocycles. The summed E-state index contributed by atoms with van der Waals surface area (Å²) in [4.78, 5) is 14.4. The largest absolute Gasteiger partial charge is 0.486 e. The van der Waals surface area contributed by atoms with Gasteiger partial charge in [0.05, 0.1) is 18.8 Å². The fourth-order valence-corrected chi connectivity index (χ4v) is 3.17. The van der Waals surface area contributed by atoms with Crippen molar-refractivity contribution in [2.75, 3.05) is 19.7 Å². The smallest absolute Gasteiger partial charge is 0.317 e. The van der Waals surface area contributed by atoms with Gasteiger partial charge in [0.25, 0.3) is 0 Å². The summed E-state index contributed by atoms with van der Waals surface area (Å²) >= 11 is 0. The number of rotatable bonds is 7. The normalized spacial score (nSPS) is 15.5. The van der Waals surface area contributed by atoms with Crippen LogP contribution in [0.1, 0.15) is 38.8 Å². The molecule has 2 aromatic rings. The van der Waals surface area contributed by atoms with E-state index in [1.807, 2.05) is 70.2 Å². The fourth-order valence-electron chi connectivity index (χ4n) is 3.17. The maximum absolute atomic E-state index is 12.7. The van der Waals surface area contributed by atoms with E-state index in [0.717, 1.165) is 22.6 Å². The van der Waals surface area contributed by atoms with E-state index in [4.69, 9.17) is 14.2 Å². The summed E-state index contributed by atoms with van der Waals surface area (Å²) in [6.45, 7) is 10.6. The Hall–Kier alpha value is -2.73. The number of carbonyl (C=O) groups excluding carboxylic acids is 1. The van der Waals surface area contributed by atoms with Crippen LogP contribution >= 0.6 is 0 Å². The van der Waals surface area contributed by atoms with Crippen molar-refractivity contribution in [3.8, 4) is 11.5 Å². The van der Waals surface area contributed by atoms with Gasteiger partial charge < -0.3 is 24.4 Å². The van der Waals surface area contributed by atoms with Crippen LogP contribution in [0.5, 0.6) is 11.5 Å². The van der Waals surface area contributed by atoms with Gasteiger partial charge >= 0.3 is 6.03 Å². The second-order valence-corrected chi connectivity index (χ2v) is 8.42. The lowest BCUT2D eigenvalue weighted by Crippen LogP contribution is -2.47. The first-order valence-corrected chi connectivity index (χ1v) is 10.5. The highest BCUT2D eigenvalue weighted by molar-refractivity contribution is 5.74. The molecule has 2 amide bonds. The molecule has 1 atom stereocenters. The van der Waals surface area contributed by atoms with Crippen molar-refractivity contribution in [1.29, 1.82) is 0 Å². The van der Waals surface area contributed by atoms with E-state index < -0.39 is 0 Å². The number of nitrogens with one attached hydrogen (secondary N) is 1. The summed E-state index contributed by atoms with van der Waals surface area (Å²) in [5, 5.41) is 3.01. The Balaban J connectivity index is 1.51. The number of urea groups is 1. The first kappa shape index (κ1) is 22.0. The molecule has 0 saturated carbocycles. The summed E-state index contributed by atoms with van der Waals surface area (Å²) in [6.07, 6.45) is -0.191. The standard InChI is InChI=1S/C24H32N2O4/c1-5-26(15-20-17-28-21-11-6-7-12-22(21)30-20)23(27)25-14-18-9-8-10-19(13-18)16-29-24(2,3)4/h6-13,20H,5,14-17H2,1-4H3,(H,25,27). The summed E-state index contributed by atoms with van der Waals surface area (Å²) in [5.74, 6) is 1.47. The highest BCUT2D eigenvalue weighted by Crippen LogP contribution is 2.31. The molecule has 0 radical (unpaired) electrons. The molecule has 0 aliphatic carbocycles. The van der Waals surface area contributed by atoms with E-state index in [2.05, 4.69) is 11.4 Å². The summed E-state index contributed by atoms with van der Waals surface area (Å²) in [7, 11) is 0. The molecule has 0 fully saturated rings. The quantitative estimate of drug-likeness (QED) is 0.733. The van der Waals surface area contributed by atoms with Crippen molar-refractivity contribution in [1.82, 2.24) is 10.2 Å². The number of fused-ring (bicyclic) bond motifs is 1. The van der Waals surface area contributed by atoms with Crippen LogP contribution in [-0.2, 0) is 17.9 Å². The summed E-state index contributed by atoms with van der Waals surface area (Å²) in [6, 6.07) is 15.6. The van der Waals surface area contributed by atoms with Gasteiger partial charge in [-0.25, -0.2) is 4.79 Å². The number of likely N-dealkylation sites (N-methyl/N-ethyl adjacent to an activating group) is 1. The monoisotopic (exact) mass is 412 g/mol. The molecule has 1 aliphatic rings. The molecular weight excluding hydrogens is 380 g/mol. The second-order valence-electron chi connectivity index (χ2n) is 8.42. The number of hydrogen-bond donors (Lipinski definition) is 1. The van der Waals surface area contributed by atoms with Crippen molar-refractivity contribution in [2.45, 2.75) is 52.6 Å². The van der Waals surface area contributed by atoms with E-state index in [0.29, 0.717) is 32.8 Å². The zero-order valence-electron chi connectivity index (χ0n) is 18.3. The van der Waals surface area contributed by atoms with E-state index in [9.17, 15) is 4.79 Å². The van der Waals surface area contributed by atoms with Crippen molar-refractivity contribution < 1.29 is 19.0 Å². The van der Waals surface area contributed by atoms with Gasteiger partial charge in [0.1, 0.15) is 6.61 Å². The lowest BCUT2D eigenvalue weighted by Gasteiger charge is -2.31. The SMILES string of the molecule is CCN(CC1COc2ccccc2O1)C(=O)NCc1cccc(COC(C)(C)C)c1. The summed E-state index contributed by atoms with van der Waals surface area (Å²) in [5.41, 5.74) is 1.95. The predicted octanol–water partition coefficient (Wildman–Crippen LogP) is 4.37. The van der Waals surface area contributed by atoms with Crippen LogP contribution in [0.2, 0.25) is 0 Å². The summed E-state index contributed by atoms with van der Waals surface area (Å²) < 4.78 is 17.6. The van der Waals surface area contributed by atoms with Gasteiger partial charge in [-0.15, -0.1) is 0 Å². The van der Waals surface area contributed by atoms with Gasteiger partial charge in [-0.1, -0.05) is 36.4 Å². The molecule has 1 unspecified atom stereocenters. The van der Waals surface area contributed by atoms with Gasteiger partial charge in [0.15, 0.2) is 17.6 Å². The van der Waals surface area contributed by atoms with Gasteiger partial charge in [0.2, 0.25) is 0 Å². The molecule has 3 rings (SSSR count). The molecule has 30 heavy (non-hydrogen) atoms. The Bertz CT molecular complexity index is 847. The maximum Gasteiger partial charge on any atom is 0.317 e. The number of benzene rings is 2. The third-order valence-electron chi connectivity index (χ3n) is 4.77. The Morgan fingerprint density at radius 1 is 1.13 bits per heavy atom. The Labute approximate surface area is 179 Å². The van der Waals surface area contributed by atoms with Crippen LogP contribution in [0.3, 0.4) is 0 Å². The van der Waals surface area contributed by atoms with E-state index >= 15 is 0 Å². The minimum atomic E-state index is -0.191. The Kier molecular flexibility index (Phi) is 7.21. The predicted molar refractivity (Wildman–Crippen MR) is 117 cm³/mol. The number of hydrogen-bond acceptors (Lipinski definition) is 4. The number of nitrogens with zero attached hydrogens (tertiary/aromatic N) is 1. The van der Waals surface area contributed by atoms with E-state index in [-0.39, 0.29) is 17.7 Å². The van der Waals surface area contributed by atoms with E-state index in [1.165, 1.54) is 0 Å². The lowest BCUT2D eigenvalue weighted by molar-refractivity contribution is -0.0149. The van der Waals surface area contributed by atoms with Gasteiger partial charge in [0, 0.05) is 13.1 Å². The minimum absolute atomic E-state index is 0.115. The van der Waals surface area contributed by atoms with Gasteiger partial charge in [-0.05, 0) is 51.0 Å². The van der Waals surface area contributed by atoms with Crippen LogP contribution in [-0.4, -0.2) is 42.3 Å². The molecule has 1 N–H and O–H groups in total. The topological polar surface area (TPSA) is 60.0 Å². The zero-order chi connectivity index (χ0) is 21.6. The average molecular weight is 413 g/mol. The van der Waals surface area contributed by atoms with Crippen LogP contribution in [0.4, 0.5) is 4.79 Å². The van der Waals surface area contributed by atoms with Crippen LogP contribution in [0.15, 0.2) is 48.5 Å². The number of amides is 2. The lowest BCUT2D eigenvalue weighted by atomic mass is 10.1.